The molecule has 1 rings (SSSR count). The first-order valence-electron chi connectivity index (χ1n) is 6.16. The molecule has 1 atom stereocenters. The summed E-state index contributed by atoms with van der Waals surface area (Å²) in [5.41, 5.74) is 1.05. The fraction of sp³-hybridized carbons (Fsp3) is 0.500. The molecule has 4 heteroatoms. The molecule has 0 saturated carbocycles. The summed E-state index contributed by atoms with van der Waals surface area (Å²) < 4.78 is 0. The van der Waals surface area contributed by atoms with Crippen LogP contribution >= 0.6 is 0 Å². The van der Waals surface area contributed by atoms with Crippen LogP contribution in [0.1, 0.15) is 29.3 Å². The zero-order valence-corrected chi connectivity index (χ0v) is 11.5. The molecule has 0 radical (unpaired) electrons. The number of aryl methyl sites for hydroxylation is 1. The van der Waals surface area contributed by atoms with E-state index in [0.717, 1.165) is 13.0 Å². The van der Waals surface area contributed by atoms with Crippen LogP contribution in [0.5, 0.6) is 5.75 Å². The number of aromatic hydroxyl groups is 1. The third-order valence-electron chi connectivity index (χ3n) is 2.87. The number of rotatable bonds is 5. The lowest BCUT2D eigenvalue weighted by Gasteiger charge is -2.17. The molecule has 0 heterocycles. The van der Waals surface area contributed by atoms with Gasteiger partial charge >= 0.3 is 0 Å². The van der Waals surface area contributed by atoms with E-state index in [1.54, 1.807) is 25.1 Å². The van der Waals surface area contributed by atoms with Gasteiger partial charge in [0, 0.05) is 6.04 Å². The average Bonchev–Trinajstić information content (AvgIpc) is 2.30. The molecule has 0 aliphatic rings. The summed E-state index contributed by atoms with van der Waals surface area (Å²) in [6.07, 6.45) is 0.880. The predicted octanol–water partition coefficient (Wildman–Crippen LogP) is 1.77. The quantitative estimate of drug-likeness (QED) is 0.837. The van der Waals surface area contributed by atoms with Crippen molar-refractivity contribution in [1.29, 1.82) is 0 Å². The van der Waals surface area contributed by atoms with E-state index in [9.17, 15) is 9.90 Å². The number of benzene rings is 1. The molecule has 1 amide bonds. The molecule has 100 valence electrons. The summed E-state index contributed by atoms with van der Waals surface area (Å²) >= 11 is 0. The first kappa shape index (κ1) is 14.5. The Morgan fingerprint density at radius 2 is 2.11 bits per heavy atom. The Labute approximate surface area is 109 Å². The number of amides is 1. The van der Waals surface area contributed by atoms with Crippen molar-refractivity contribution < 1.29 is 9.90 Å². The fourth-order valence-electron chi connectivity index (χ4n) is 1.67. The number of carbonyl (C=O) groups is 1. The maximum Gasteiger partial charge on any atom is 0.255 e. The number of para-hydroxylation sites is 1. The minimum atomic E-state index is -0.220. The Morgan fingerprint density at radius 1 is 1.44 bits per heavy atom. The highest BCUT2D eigenvalue weighted by molar-refractivity contribution is 5.97. The third-order valence-corrected chi connectivity index (χ3v) is 2.87. The van der Waals surface area contributed by atoms with Crippen LogP contribution in [0.15, 0.2) is 18.2 Å². The first-order chi connectivity index (χ1) is 8.41. The van der Waals surface area contributed by atoms with Crippen molar-refractivity contribution in [2.24, 2.45) is 0 Å². The molecular formula is C14H22N2O2. The van der Waals surface area contributed by atoms with Crippen LogP contribution in [0.4, 0.5) is 0 Å². The number of phenolic OH excluding ortho intramolecular Hbond substituents is 1. The molecule has 0 fully saturated rings. The van der Waals surface area contributed by atoms with Gasteiger partial charge in [0.05, 0.1) is 5.56 Å². The summed E-state index contributed by atoms with van der Waals surface area (Å²) in [6.45, 7) is 4.66. The smallest absolute Gasteiger partial charge is 0.255 e. The fourth-order valence-corrected chi connectivity index (χ4v) is 1.67. The third kappa shape index (κ3) is 4.04. The van der Waals surface area contributed by atoms with E-state index >= 15 is 0 Å². The average molecular weight is 250 g/mol. The van der Waals surface area contributed by atoms with Gasteiger partial charge in [-0.15, -0.1) is 0 Å². The summed E-state index contributed by atoms with van der Waals surface area (Å²) in [5.74, 6) is -0.155. The monoisotopic (exact) mass is 250 g/mol. The van der Waals surface area contributed by atoms with E-state index in [-0.39, 0.29) is 17.7 Å². The second-order valence-electron chi connectivity index (χ2n) is 4.94. The molecule has 0 aliphatic heterocycles. The van der Waals surface area contributed by atoms with Crippen molar-refractivity contribution in [2.45, 2.75) is 26.3 Å². The number of nitrogens with zero attached hydrogens (tertiary/aromatic N) is 1. The van der Waals surface area contributed by atoms with E-state index in [0.29, 0.717) is 11.1 Å². The van der Waals surface area contributed by atoms with E-state index < -0.39 is 0 Å². The van der Waals surface area contributed by atoms with E-state index in [4.69, 9.17) is 0 Å². The number of hydrogen-bond donors (Lipinski definition) is 2. The second-order valence-corrected chi connectivity index (χ2v) is 4.94. The minimum Gasteiger partial charge on any atom is -0.507 e. The van der Waals surface area contributed by atoms with Crippen LogP contribution in [0, 0.1) is 6.92 Å². The molecule has 0 saturated heterocycles. The molecule has 0 aromatic heterocycles. The summed E-state index contributed by atoms with van der Waals surface area (Å²) in [5, 5.41) is 12.7. The highest BCUT2D eigenvalue weighted by Gasteiger charge is 2.14. The van der Waals surface area contributed by atoms with Crippen molar-refractivity contribution in [3.8, 4) is 5.75 Å². The van der Waals surface area contributed by atoms with Gasteiger partial charge in [0.1, 0.15) is 5.75 Å². The van der Waals surface area contributed by atoms with Crippen LogP contribution in [-0.2, 0) is 0 Å². The predicted molar refractivity (Wildman–Crippen MR) is 72.9 cm³/mol. The van der Waals surface area contributed by atoms with Gasteiger partial charge in [0.25, 0.3) is 5.91 Å². The molecule has 18 heavy (non-hydrogen) atoms. The molecule has 2 N–H and O–H groups in total. The molecule has 1 aromatic carbocycles. The van der Waals surface area contributed by atoms with Gasteiger partial charge in [-0.25, -0.2) is 0 Å². The Bertz CT molecular complexity index is 416. The first-order valence-corrected chi connectivity index (χ1v) is 6.16. The molecular weight excluding hydrogens is 228 g/mol. The van der Waals surface area contributed by atoms with Gasteiger partial charge in [0.15, 0.2) is 0 Å². The standard InChI is InChI=1S/C14H22N2O2/c1-10-6-5-7-12(13(10)17)14(18)15-11(2)8-9-16(3)4/h5-7,11,17H,8-9H2,1-4H3,(H,15,18). The van der Waals surface area contributed by atoms with Crippen LogP contribution in [0.3, 0.4) is 0 Å². The summed E-state index contributed by atoms with van der Waals surface area (Å²) in [4.78, 5) is 14.1. The van der Waals surface area contributed by atoms with Crippen molar-refractivity contribution in [1.82, 2.24) is 10.2 Å². The van der Waals surface area contributed by atoms with Crippen molar-refractivity contribution in [3.63, 3.8) is 0 Å². The highest BCUT2D eigenvalue weighted by Crippen LogP contribution is 2.21. The maximum atomic E-state index is 12.0. The molecule has 0 spiro atoms. The number of hydrogen-bond acceptors (Lipinski definition) is 3. The Balaban J connectivity index is 2.62. The highest BCUT2D eigenvalue weighted by atomic mass is 16.3. The van der Waals surface area contributed by atoms with E-state index in [2.05, 4.69) is 10.2 Å². The van der Waals surface area contributed by atoms with Crippen molar-refractivity contribution in [3.05, 3.63) is 29.3 Å². The van der Waals surface area contributed by atoms with Crippen LogP contribution < -0.4 is 5.32 Å². The lowest BCUT2D eigenvalue weighted by molar-refractivity contribution is 0.0934. The zero-order chi connectivity index (χ0) is 13.7. The number of carbonyl (C=O) groups excluding carboxylic acids is 1. The van der Waals surface area contributed by atoms with Crippen LogP contribution in [0.25, 0.3) is 0 Å². The van der Waals surface area contributed by atoms with Gasteiger partial charge in [-0.2, -0.15) is 0 Å². The van der Waals surface area contributed by atoms with Gasteiger partial charge in [-0.05, 0) is 52.5 Å². The van der Waals surface area contributed by atoms with Gasteiger partial charge < -0.3 is 15.3 Å². The van der Waals surface area contributed by atoms with Gasteiger partial charge in [-0.1, -0.05) is 12.1 Å². The van der Waals surface area contributed by atoms with E-state index in [1.807, 2.05) is 21.0 Å². The van der Waals surface area contributed by atoms with Crippen molar-refractivity contribution >= 4 is 5.91 Å². The largest absolute Gasteiger partial charge is 0.507 e. The number of nitrogens with one attached hydrogen (secondary N) is 1. The topological polar surface area (TPSA) is 52.6 Å². The van der Waals surface area contributed by atoms with Gasteiger partial charge in [-0.3, -0.25) is 4.79 Å². The Hall–Kier alpha value is -1.55. The summed E-state index contributed by atoms with van der Waals surface area (Å²) in [7, 11) is 4.00. The van der Waals surface area contributed by atoms with E-state index in [1.165, 1.54) is 0 Å². The normalized spacial score (nSPS) is 12.5. The zero-order valence-electron chi connectivity index (χ0n) is 11.5. The Morgan fingerprint density at radius 3 is 2.72 bits per heavy atom. The van der Waals surface area contributed by atoms with Gasteiger partial charge in [0.2, 0.25) is 0 Å². The molecule has 4 nitrogen and oxygen atoms in total. The maximum absolute atomic E-state index is 12.0. The molecule has 1 unspecified atom stereocenters. The lowest BCUT2D eigenvalue weighted by atomic mass is 10.1. The number of phenols is 1. The SMILES string of the molecule is Cc1cccc(C(=O)NC(C)CCN(C)C)c1O. The van der Waals surface area contributed by atoms with Crippen molar-refractivity contribution in [2.75, 3.05) is 20.6 Å². The molecule has 0 bridgehead atoms. The minimum absolute atomic E-state index is 0.0646. The summed E-state index contributed by atoms with van der Waals surface area (Å²) in [6, 6.07) is 5.27. The molecule has 1 aromatic rings. The van der Waals surface area contributed by atoms with Crippen LogP contribution in [0.2, 0.25) is 0 Å². The lowest BCUT2D eigenvalue weighted by Crippen LogP contribution is -2.34. The molecule has 0 aliphatic carbocycles. The van der Waals surface area contributed by atoms with Crippen LogP contribution in [-0.4, -0.2) is 42.6 Å². The second kappa shape index (κ2) is 6.40. The Kier molecular flexibility index (Phi) is 5.16.